The molecule has 1 rings (SSSR count). The van der Waals surface area contributed by atoms with Crippen molar-refractivity contribution >= 4 is 12.0 Å². The van der Waals surface area contributed by atoms with Crippen LogP contribution in [0.25, 0.3) is 0 Å². The third-order valence-corrected chi connectivity index (χ3v) is 4.93. The molecule has 0 radical (unpaired) electrons. The zero-order valence-corrected chi connectivity index (χ0v) is 13.8. The van der Waals surface area contributed by atoms with Gasteiger partial charge in [-0.3, -0.25) is 4.79 Å². The molecule has 1 fully saturated rings. The number of rotatable bonds is 6. The number of hydrogen-bond acceptors (Lipinski definition) is 2. The minimum Gasteiger partial charge on any atom is -0.481 e. The second-order valence-corrected chi connectivity index (χ2v) is 7.16. The maximum Gasteiger partial charge on any atom is 0.317 e. The molecule has 1 aliphatic rings. The molecule has 0 bridgehead atoms. The lowest BCUT2D eigenvalue weighted by Crippen LogP contribution is -2.47. The van der Waals surface area contributed by atoms with Gasteiger partial charge < -0.3 is 15.3 Å². The number of likely N-dealkylation sites (tertiary alicyclic amines) is 1. The van der Waals surface area contributed by atoms with Gasteiger partial charge in [-0.15, -0.1) is 0 Å². The number of carbonyl (C=O) groups excluding carboxylic acids is 1. The predicted octanol–water partition coefficient (Wildman–Crippen LogP) is 2.96. The Kier molecular flexibility index (Phi) is 6.49. The molecule has 2 N–H and O–H groups in total. The number of aliphatic carboxylic acids is 1. The Balaban J connectivity index is 2.30. The van der Waals surface area contributed by atoms with Gasteiger partial charge in [-0.25, -0.2) is 4.79 Å². The summed E-state index contributed by atoms with van der Waals surface area (Å²) in [6, 6.07) is 0.0143. The van der Waals surface area contributed by atoms with Crippen molar-refractivity contribution in [3.63, 3.8) is 0 Å². The third-order valence-electron chi connectivity index (χ3n) is 4.93. The van der Waals surface area contributed by atoms with Crippen molar-refractivity contribution in [1.82, 2.24) is 10.2 Å². The second kappa shape index (κ2) is 7.66. The Hall–Kier alpha value is -1.26. The largest absolute Gasteiger partial charge is 0.481 e. The molecule has 0 saturated carbocycles. The number of amides is 2. The first-order valence-electron chi connectivity index (χ1n) is 7.97. The molecular weight excluding hydrogens is 268 g/mol. The average molecular weight is 298 g/mol. The van der Waals surface area contributed by atoms with Gasteiger partial charge in [-0.2, -0.15) is 0 Å². The van der Waals surface area contributed by atoms with Crippen molar-refractivity contribution in [2.45, 2.75) is 53.4 Å². The van der Waals surface area contributed by atoms with Crippen LogP contribution in [-0.4, -0.2) is 41.6 Å². The number of carbonyl (C=O) groups is 2. The molecule has 0 aliphatic carbocycles. The standard InChI is InChI=1S/C16H30N2O3/c1-12(2)16(3,4)11-17-15(21)18-9-7-13(8-10-18)5-6-14(19)20/h12-13H,5-11H2,1-4H3,(H,17,21)(H,19,20). The molecule has 0 atom stereocenters. The molecule has 0 aromatic heterocycles. The first kappa shape index (κ1) is 17.8. The highest BCUT2D eigenvalue weighted by Crippen LogP contribution is 2.25. The van der Waals surface area contributed by atoms with E-state index in [0.717, 1.165) is 32.4 Å². The fourth-order valence-corrected chi connectivity index (χ4v) is 2.37. The number of piperidine rings is 1. The quantitative estimate of drug-likeness (QED) is 0.792. The van der Waals surface area contributed by atoms with Crippen LogP contribution in [0.5, 0.6) is 0 Å². The summed E-state index contributed by atoms with van der Waals surface area (Å²) in [6.07, 6.45) is 2.78. The summed E-state index contributed by atoms with van der Waals surface area (Å²) in [5.41, 5.74) is 0.0927. The van der Waals surface area contributed by atoms with Gasteiger partial charge in [0.2, 0.25) is 0 Å². The van der Waals surface area contributed by atoms with Crippen LogP contribution in [0.1, 0.15) is 53.4 Å². The normalized spacial score (nSPS) is 17.1. The van der Waals surface area contributed by atoms with Gasteiger partial charge in [-0.05, 0) is 36.5 Å². The number of nitrogens with one attached hydrogen (secondary N) is 1. The molecule has 1 aliphatic heterocycles. The summed E-state index contributed by atoms with van der Waals surface area (Å²) in [5.74, 6) is 0.225. The Morgan fingerprint density at radius 3 is 2.33 bits per heavy atom. The number of hydrogen-bond donors (Lipinski definition) is 2. The van der Waals surface area contributed by atoms with Crippen LogP contribution in [0.4, 0.5) is 4.79 Å². The van der Waals surface area contributed by atoms with Crippen molar-refractivity contribution in [3.8, 4) is 0 Å². The molecule has 5 heteroatoms. The van der Waals surface area contributed by atoms with E-state index >= 15 is 0 Å². The highest BCUT2D eigenvalue weighted by atomic mass is 16.4. The van der Waals surface area contributed by atoms with Crippen LogP contribution in [0, 0.1) is 17.3 Å². The van der Waals surface area contributed by atoms with Gasteiger partial charge in [0.25, 0.3) is 0 Å². The summed E-state index contributed by atoms with van der Waals surface area (Å²) < 4.78 is 0. The minimum atomic E-state index is -0.730. The van der Waals surface area contributed by atoms with Crippen LogP contribution in [0.15, 0.2) is 0 Å². The molecular formula is C16H30N2O3. The number of nitrogens with zero attached hydrogens (tertiary/aromatic N) is 1. The fourth-order valence-electron chi connectivity index (χ4n) is 2.37. The smallest absolute Gasteiger partial charge is 0.317 e. The van der Waals surface area contributed by atoms with Crippen LogP contribution in [0.2, 0.25) is 0 Å². The van der Waals surface area contributed by atoms with Crippen molar-refractivity contribution in [2.75, 3.05) is 19.6 Å². The average Bonchev–Trinajstić information content (AvgIpc) is 2.43. The summed E-state index contributed by atoms with van der Waals surface area (Å²) >= 11 is 0. The van der Waals surface area contributed by atoms with E-state index in [4.69, 9.17) is 5.11 Å². The minimum absolute atomic E-state index is 0.0143. The zero-order valence-electron chi connectivity index (χ0n) is 13.8. The molecule has 0 spiro atoms. The molecule has 122 valence electrons. The van der Waals surface area contributed by atoms with Crippen LogP contribution < -0.4 is 5.32 Å². The molecule has 0 aromatic carbocycles. The number of carboxylic acids is 1. The lowest BCUT2D eigenvalue weighted by molar-refractivity contribution is -0.137. The second-order valence-electron chi connectivity index (χ2n) is 7.16. The lowest BCUT2D eigenvalue weighted by atomic mass is 9.81. The van der Waals surface area contributed by atoms with E-state index in [1.54, 1.807) is 0 Å². The Morgan fingerprint density at radius 1 is 1.29 bits per heavy atom. The maximum absolute atomic E-state index is 12.2. The van der Waals surface area contributed by atoms with E-state index in [-0.39, 0.29) is 17.9 Å². The molecule has 0 unspecified atom stereocenters. The Morgan fingerprint density at radius 2 is 1.86 bits per heavy atom. The lowest BCUT2D eigenvalue weighted by Gasteiger charge is -2.34. The van der Waals surface area contributed by atoms with Crippen LogP contribution in [-0.2, 0) is 4.79 Å². The monoisotopic (exact) mass is 298 g/mol. The van der Waals surface area contributed by atoms with Crippen LogP contribution in [0.3, 0.4) is 0 Å². The first-order valence-corrected chi connectivity index (χ1v) is 7.97. The fraction of sp³-hybridized carbons (Fsp3) is 0.875. The molecule has 5 nitrogen and oxygen atoms in total. The molecule has 0 aromatic rings. The highest BCUT2D eigenvalue weighted by molar-refractivity contribution is 5.74. The van der Waals surface area contributed by atoms with Crippen molar-refractivity contribution in [1.29, 1.82) is 0 Å². The SMILES string of the molecule is CC(C)C(C)(C)CNC(=O)N1CCC(CCC(=O)O)CC1. The van der Waals surface area contributed by atoms with Crippen molar-refractivity contribution < 1.29 is 14.7 Å². The molecule has 2 amide bonds. The van der Waals surface area contributed by atoms with E-state index in [2.05, 4.69) is 33.0 Å². The molecule has 1 saturated heterocycles. The van der Waals surface area contributed by atoms with Gasteiger partial charge in [0.15, 0.2) is 0 Å². The highest BCUT2D eigenvalue weighted by Gasteiger charge is 2.26. The number of carboxylic acid groups (broad SMARTS) is 1. The van der Waals surface area contributed by atoms with E-state index in [1.807, 2.05) is 4.90 Å². The van der Waals surface area contributed by atoms with Crippen molar-refractivity contribution in [2.24, 2.45) is 17.3 Å². The van der Waals surface area contributed by atoms with Gasteiger partial charge in [0.1, 0.15) is 0 Å². The van der Waals surface area contributed by atoms with E-state index in [9.17, 15) is 9.59 Å². The van der Waals surface area contributed by atoms with E-state index in [0.29, 0.717) is 18.4 Å². The topological polar surface area (TPSA) is 69.6 Å². The van der Waals surface area contributed by atoms with Gasteiger partial charge in [0.05, 0.1) is 0 Å². The first-order chi connectivity index (χ1) is 9.72. The molecule has 1 heterocycles. The van der Waals surface area contributed by atoms with Crippen LogP contribution >= 0.6 is 0 Å². The van der Waals surface area contributed by atoms with E-state index in [1.165, 1.54) is 0 Å². The Labute approximate surface area is 128 Å². The van der Waals surface area contributed by atoms with Crippen molar-refractivity contribution in [3.05, 3.63) is 0 Å². The third kappa shape index (κ3) is 5.94. The van der Waals surface area contributed by atoms with Gasteiger partial charge >= 0.3 is 12.0 Å². The summed E-state index contributed by atoms with van der Waals surface area (Å²) in [5, 5.41) is 11.7. The molecule has 21 heavy (non-hydrogen) atoms. The summed E-state index contributed by atoms with van der Waals surface area (Å²) in [4.78, 5) is 24.6. The van der Waals surface area contributed by atoms with Gasteiger partial charge in [-0.1, -0.05) is 27.7 Å². The predicted molar refractivity (Wildman–Crippen MR) is 83.2 cm³/mol. The zero-order chi connectivity index (χ0) is 16.0. The summed E-state index contributed by atoms with van der Waals surface area (Å²) in [6.45, 7) is 10.8. The summed E-state index contributed by atoms with van der Waals surface area (Å²) in [7, 11) is 0. The number of urea groups is 1. The maximum atomic E-state index is 12.2. The van der Waals surface area contributed by atoms with E-state index < -0.39 is 5.97 Å². The Bertz CT molecular complexity index is 359. The van der Waals surface area contributed by atoms with Gasteiger partial charge in [0, 0.05) is 26.1 Å².